The van der Waals surface area contributed by atoms with Gasteiger partial charge in [-0.15, -0.1) is 0 Å². The van der Waals surface area contributed by atoms with E-state index in [1.807, 2.05) is 13.8 Å². The van der Waals surface area contributed by atoms with Crippen LogP contribution in [0.4, 0.5) is 13.2 Å². The summed E-state index contributed by atoms with van der Waals surface area (Å²) in [6, 6.07) is 0. The van der Waals surface area contributed by atoms with E-state index in [0.717, 1.165) is 0 Å². The second-order valence-corrected chi connectivity index (χ2v) is 4.69. The normalized spacial score (nSPS) is 14.4. The third-order valence-corrected chi connectivity index (χ3v) is 2.28. The van der Waals surface area contributed by atoms with Crippen LogP contribution in [0, 0.1) is 0 Å². The lowest BCUT2D eigenvalue weighted by molar-refractivity contribution is -0.0327. The van der Waals surface area contributed by atoms with Crippen LogP contribution in [0.25, 0.3) is 0 Å². The minimum atomic E-state index is -4.18. The second-order valence-electron chi connectivity index (χ2n) is 3.53. The minimum absolute atomic E-state index is 0.0374. The largest absolute Gasteiger partial charge is 0.441 e. The van der Waals surface area contributed by atoms with Gasteiger partial charge in [-0.25, -0.2) is 0 Å². The number of rotatable bonds is 8. The van der Waals surface area contributed by atoms with E-state index >= 15 is 0 Å². The zero-order chi connectivity index (χ0) is 12.6. The Morgan fingerprint density at radius 3 is 2.50 bits per heavy atom. The lowest BCUT2D eigenvalue weighted by Crippen LogP contribution is -2.32. The van der Waals surface area contributed by atoms with Crippen molar-refractivity contribution in [3.05, 3.63) is 0 Å². The number of ether oxygens (including phenoxy) is 1. The lowest BCUT2D eigenvalue weighted by Gasteiger charge is -2.14. The molecule has 3 nitrogen and oxygen atoms in total. The number of hydrogen-bond donors (Lipinski definition) is 2. The molecule has 0 fully saturated rings. The molecule has 0 amide bonds. The molecular weight excluding hydrogens is 243 g/mol. The molecule has 0 rings (SSSR count). The summed E-state index contributed by atoms with van der Waals surface area (Å²) in [5, 5.41) is 12.1. The SMILES string of the molecule is CC(C)OCC(O)CNCCSC(F)(F)F. The first-order chi connectivity index (χ1) is 7.31. The number of aliphatic hydroxyl groups is 1. The van der Waals surface area contributed by atoms with Crippen LogP contribution in [0.15, 0.2) is 0 Å². The molecule has 0 aliphatic rings. The smallest absolute Gasteiger partial charge is 0.389 e. The summed E-state index contributed by atoms with van der Waals surface area (Å²) in [5.41, 5.74) is -4.18. The van der Waals surface area contributed by atoms with Crippen LogP contribution in [0.1, 0.15) is 13.8 Å². The van der Waals surface area contributed by atoms with Gasteiger partial charge < -0.3 is 15.2 Å². The molecule has 0 bridgehead atoms. The van der Waals surface area contributed by atoms with Crippen molar-refractivity contribution < 1.29 is 23.0 Å². The monoisotopic (exact) mass is 261 g/mol. The maximum atomic E-state index is 11.7. The fourth-order valence-corrected chi connectivity index (χ4v) is 1.35. The summed E-state index contributed by atoms with van der Waals surface area (Å²) in [6.45, 7) is 4.34. The first-order valence-corrected chi connectivity index (χ1v) is 6.01. The van der Waals surface area contributed by atoms with Gasteiger partial charge in [0.1, 0.15) is 0 Å². The molecule has 0 aromatic rings. The number of halogens is 3. The molecule has 2 N–H and O–H groups in total. The fraction of sp³-hybridized carbons (Fsp3) is 1.00. The minimum Gasteiger partial charge on any atom is -0.389 e. The van der Waals surface area contributed by atoms with E-state index in [1.54, 1.807) is 0 Å². The average Bonchev–Trinajstić information content (AvgIpc) is 2.12. The maximum Gasteiger partial charge on any atom is 0.441 e. The summed E-state index contributed by atoms with van der Waals surface area (Å²) in [5.74, 6) is -0.0543. The van der Waals surface area contributed by atoms with Crippen LogP contribution in [0.3, 0.4) is 0 Å². The molecule has 0 heterocycles. The van der Waals surface area contributed by atoms with Crippen LogP contribution in [-0.2, 0) is 4.74 Å². The molecule has 1 atom stereocenters. The molecule has 98 valence electrons. The summed E-state index contributed by atoms with van der Waals surface area (Å²) in [6.07, 6.45) is -0.645. The lowest BCUT2D eigenvalue weighted by atomic mass is 10.3. The molecule has 1 unspecified atom stereocenters. The van der Waals surface area contributed by atoms with Gasteiger partial charge in [-0.05, 0) is 25.6 Å². The molecule has 7 heteroatoms. The Balaban J connectivity index is 3.31. The van der Waals surface area contributed by atoms with Crippen molar-refractivity contribution in [2.45, 2.75) is 31.6 Å². The molecule has 0 saturated carbocycles. The van der Waals surface area contributed by atoms with Gasteiger partial charge in [-0.1, -0.05) is 0 Å². The molecule has 0 aliphatic carbocycles. The quantitative estimate of drug-likeness (QED) is 0.651. The second kappa shape index (κ2) is 8.16. The van der Waals surface area contributed by atoms with Gasteiger partial charge in [0.05, 0.1) is 18.8 Å². The van der Waals surface area contributed by atoms with Gasteiger partial charge in [0.25, 0.3) is 0 Å². The highest BCUT2D eigenvalue weighted by Crippen LogP contribution is 2.29. The standard InChI is InChI=1S/C9H18F3NO2S/c1-7(2)15-6-8(14)5-13-3-4-16-9(10,11)12/h7-8,13-14H,3-6H2,1-2H3. The predicted molar refractivity (Wildman–Crippen MR) is 58.5 cm³/mol. The number of hydrogen-bond acceptors (Lipinski definition) is 4. The number of thioether (sulfide) groups is 1. The molecule has 0 aromatic carbocycles. The van der Waals surface area contributed by atoms with Crippen molar-refractivity contribution >= 4 is 11.8 Å². The van der Waals surface area contributed by atoms with E-state index in [-0.39, 0.29) is 43.3 Å². The molecule has 0 aliphatic heterocycles. The number of nitrogens with one attached hydrogen (secondary N) is 1. The topological polar surface area (TPSA) is 41.5 Å². The molecule has 16 heavy (non-hydrogen) atoms. The van der Waals surface area contributed by atoms with Crippen LogP contribution in [0.5, 0.6) is 0 Å². The van der Waals surface area contributed by atoms with Gasteiger partial charge in [0.15, 0.2) is 0 Å². The fourth-order valence-electron chi connectivity index (χ4n) is 0.870. The van der Waals surface area contributed by atoms with E-state index in [2.05, 4.69) is 5.32 Å². The van der Waals surface area contributed by atoms with Crippen molar-refractivity contribution in [3.8, 4) is 0 Å². The van der Waals surface area contributed by atoms with E-state index < -0.39 is 11.6 Å². The first-order valence-electron chi connectivity index (χ1n) is 5.02. The Labute approximate surface area is 97.7 Å². The van der Waals surface area contributed by atoms with Gasteiger partial charge in [0.2, 0.25) is 0 Å². The van der Waals surface area contributed by atoms with E-state index in [0.29, 0.717) is 0 Å². The third kappa shape index (κ3) is 12.1. The highest BCUT2D eigenvalue weighted by Gasteiger charge is 2.27. The molecule has 0 spiro atoms. The zero-order valence-electron chi connectivity index (χ0n) is 9.38. The summed E-state index contributed by atoms with van der Waals surface area (Å²) in [4.78, 5) is 0. The Morgan fingerprint density at radius 1 is 1.38 bits per heavy atom. The van der Waals surface area contributed by atoms with Gasteiger partial charge >= 0.3 is 5.51 Å². The third-order valence-electron chi connectivity index (χ3n) is 1.55. The molecule has 0 saturated heterocycles. The van der Waals surface area contributed by atoms with Gasteiger partial charge in [-0.2, -0.15) is 13.2 Å². The van der Waals surface area contributed by atoms with Crippen molar-refractivity contribution in [3.63, 3.8) is 0 Å². The van der Waals surface area contributed by atoms with Crippen LogP contribution >= 0.6 is 11.8 Å². The van der Waals surface area contributed by atoms with Crippen LogP contribution in [-0.4, -0.2) is 48.3 Å². The van der Waals surface area contributed by atoms with E-state index in [4.69, 9.17) is 4.74 Å². The van der Waals surface area contributed by atoms with E-state index in [9.17, 15) is 18.3 Å². The highest BCUT2D eigenvalue weighted by atomic mass is 32.2. The van der Waals surface area contributed by atoms with Crippen molar-refractivity contribution in [1.82, 2.24) is 5.32 Å². The Bertz CT molecular complexity index is 179. The van der Waals surface area contributed by atoms with Crippen molar-refractivity contribution in [2.75, 3.05) is 25.4 Å². The van der Waals surface area contributed by atoms with Crippen LogP contribution in [0.2, 0.25) is 0 Å². The van der Waals surface area contributed by atoms with Crippen molar-refractivity contribution in [2.24, 2.45) is 0 Å². The Kier molecular flexibility index (Phi) is 8.17. The van der Waals surface area contributed by atoms with Crippen molar-refractivity contribution in [1.29, 1.82) is 0 Å². The number of aliphatic hydroxyl groups excluding tert-OH is 1. The molecular formula is C9H18F3NO2S. The van der Waals surface area contributed by atoms with Gasteiger partial charge in [-0.3, -0.25) is 0 Å². The zero-order valence-corrected chi connectivity index (χ0v) is 10.2. The summed E-state index contributed by atoms with van der Waals surface area (Å²) >= 11 is -0.0719. The Morgan fingerprint density at radius 2 is 2.00 bits per heavy atom. The highest BCUT2D eigenvalue weighted by molar-refractivity contribution is 8.00. The van der Waals surface area contributed by atoms with Gasteiger partial charge in [0, 0.05) is 18.8 Å². The number of alkyl halides is 3. The maximum absolute atomic E-state index is 11.7. The predicted octanol–water partition coefficient (Wildman–Crippen LogP) is 1.61. The first kappa shape index (κ1) is 16.0. The van der Waals surface area contributed by atoms with E-state index in [1.165, 1.54) is 0 Å². The molecule has 0 aromatic heterocycles. The average molecular weight is 261 g/mol. The van der Waals surface area contributed by atoms with Crippen LogP contribution < -0.4 is 5.32 Å². The molecule has 0 radical (unpaired) electrons. The summed E-state index contributed by atoms with van der Waals surface area (Å²) in [7, 11) is 0. The Hall–Kier alpha value is 0.0200. The summed E-state index contributed by atoms with van der Waals surface area (Å²) < 4.78 is 40.3.